The molecular formula is C13H16O2. The maximum atomic E-state index is 11.0. The van der Waals surface area contributed by atoms with Crippen molar-refractivity contribution in [2.75, 3.05) is 0 Å². The number of aliphatic carboxylic acids is 1. The van der Waals surface area contributed by atoms with Crippen LogP contribution < -0.4 is 0 Å². The number of carboxylic acids is 1. The average molecular weight is 204 g/mol. The van der Waals surface area contributed by atoms with Crippen LogP contribution >= 0.6 is 0 Å². The minimum absolute atomic E-state index is 0.172. The molecule has 2 heteroatoms. The van der Waals surface area contributed by atoms with Gasteiger partial charge in [-0.25, -0.2) is 0 Å². The maximum absolute atomic E-state index is 11.0. The van der Waals surface area contributed by atoms with Gasteiger partial charge in [-0.2, -0.15) is 0 Å². The summed E-state index contributed by atoms with van der Waals surface area (Å²) in [6.07, 6.45) is 7.90. The summed E-state index contributed by atoms with van der Waals surface area (Å²) < 4.78 is 0. The third-order valence-electron chi connectivity index (χ3n) is 4.54. The lowest BCUT2D eigenvalue weighted by molar-refractivity contribution is -0.143. The molecule has 15 heavy (non-hydrogen) atoms. The van der Waals surface area contributed by atoms with Crippen molar-refractivity contribution in [1.82, 2.24) is 0 Å². The van der Waals surface area contributed by atoms with Gasteiger partial charge in [0.1, 0.15) is 0 Å². The number of carboxylic acid groups (broad SMARTS) is 1. The Morgan fingerprint density at radius 1 is 1.53 bits per heavy atom. The van der Waals surface area contributed by atoms with Crippen molar-refractivity contribution in [2.24, 2.45) is 23.7 Å². The van der Waals surface area contributed by atoms with E-state index in [9.17, 15) is 4.79 Å². The molecule has 80 valence electrons. The van der Waals surface area contributed by atoms with Crippen LogP contribution in [0.15, 0.2) is 23.3 Å². The first-order chi connectivity index (χ1) is 7.18. The van der Waals surface area contributed by atoms with Gasteiger partial charge < -0.3 is 5.11 Å². The summed E-state index contributed by atoms with van der Waals surface area (Å²) in [7, 11) is 0. The largest absolute Gasteiger partial charge is 0.481 e. The first kappa shape index (κ1) is 9.20. The minimum atomic E-state index is -0.624. The van der Waals surface area contributed by atoms with E-state index in [2.05, 4.69) is 12.2 Å². The highest BCUT2D eigenvalue weighted by Crippen LogP contribution is 2.57. The van der Waals surface area contributed by atoms with Gasteiger partial charge in [0.2, 0.25) is 0 Å². The lowest BCUT2D eigenvalue weighted by atomic mass is 9.77. The van der Waals surface area contributed by atoms with Crippen molar-refractivity contribution < 1.29 is 9.90 Å². The predicted molar refractivity (Wildman–Crippen MR) is 57.3 cm³/mol. The predicted octanol–water partition coefficient (Wildman–Crippen LogP) is 2.62. The van der Waals surface area contributed by atoms with E-state index in [-0.39, 0.29) is 5.92 Å². The standard InChI is InChI=1S/C13H16O2/c1-7(13(14)15)11-5-8-6-12(11)10-4-2-3-9(8)10/h2-3,7-8,11-12H,4-6H2,1H3,(H,14,15). The highest BCUT2D eigenvalue weighted by atomic mass is 16.4. The zero-order valence-corrected chi connectivity index (χ0v) is 8.94. The molecule has 0 aromatic carbocycles. The van der Waals surface area contributed by atoms with E-state index in [1.165, 1.54) is 6.42 Å². The summed E-state index contributed by atoms with van der Waals surface area (Å²) in [5.41, 5.74) is 3.11. The number of hydrogen-bond acceptors (Lipinski definition) is 1. The highest BCUT2D eigenvalue weighted by molar-refractivity contribution is 5.70. The number of rotatable bonds is 2. The topological polar surface area (TPSA) is 37.3 Å². The molecule has 4 atom stereocenters. The molecule has 2 nitrogen and oxygen atoms in total. The smallest absolute Gasteiger partial charge is 0.306 e. The number of hydrogen-bond donors (Lipinski definition) is 1. The third-order valence-corrected chi connectivity index (χ3v) is 4.54. The van der Waals surface area contributed by atoms with Gasteiger partial charge in [0.15, 0.2) is 0 Å². The maximum Gasteiger partial charge on any atom is 0.306 e. The molecule has 3 rings (SSSR count). The van der Waals surface area contributed by atoms with E-state index in [0.717, 1.165) is 12.8 Å². The molecule has 1 saturated carbocycles. The van der Waals surface area contributed by atoms with Crippen LogP contribution in [-0.2, 0) is 4.79 Å². The molecule has 1 fully saturated rings. The molecule has 0 spiro atoms. The Kier molecular flexibility index (Phi) is 1.82. The molecule has 2 bridgehead atoms. The van der Waals surface area contributed by atoms with Gasteiger partial charge in [-0.3, -0.25) is 4.79 Å². The zero-order chi connectivity index (χ0) is 10.6. The molecule has 0 aromatic rings. The van der Waals surface area contributed by atoms with Crippen LogP contribution in [0.3, 0.4) is 0 Å². The lowest BCUT2D eigenvalue weighted by Gasteiger charge is -2.27. The van der Waals surface area contributed by atoms with Crippen LogP contribution in [0.5, 0.6) is 0 Å². The summed E-state index contributed by atoms with van der Waals surface area (Å²) in [6.45, 7) is 1.87. The number of allylic oxidation sites excluding steroid dienone is 4. The van der Waals surface area contributed by atoms with E-state index < -0.39 is 5.97 Å². The molecule has 1 N–H and O–H groups in total. The molecule has 4 unspecified atom stereocenters. The van der Waals surface area contributed by atoms with Gasteiger partial charge in [0.05, 0.1) is 5.92 Å². The van der Waals surface area contributed by atoms with Crippen molar-refractivity contribution in [3.8, 4) is 0 Å². The summed E-state index contributed by atoms with van der Waals surface area (Å²) >= 11 is 0. The Balaban J connectivity index is 1.86. The number of fused-ring (bicyclic) bond motifs is 4. The van der Waals surface area contributed by atoms with Gasteiger partial charge in [0, 0.05) is 0 Å². The van der Waals surface area contributed by atoms with Crippen LogP contribution in [0.4, 0.5) is 0 Å². The highest BCUT2D eigenvalue weighted by Gasteiger charge is 2.48. The second kappa shape index (κ2) is 2.97. The van der Waals surface area contributed by atoms with E-state index in [4.69, 9.17) is 5.11 Å². The van der Waals surface area contributed by atoms with Crippen molar-refractivity contribution in [1.29, 1.82) is 0 Å². The molecule has 0 saturated heterocycles. The first-order valence-electron chi connectivity index (χ1n) is 5.80. The Labute approximate surface area is 89.7 Å². The van der Waals surface area contributed by atoms with Gasteiger partial charge in [-0.1, -0.05) is 24.6 Å². The van der Waals surface area contributed by atoms with Gasteiger partial charge in [-0.15, -0.1) is 0 Å². The van der Waals surface area contributed by atoms with Crippen LogP contribution in [0, 0.1) is 23.7 Å². The van der Waals surface area contributed by atoms with Crippen molar-refractivity contribution in [3.05, 3.63) is 23.3 Å². The first-order valence-corrected chi connectivity index (χ1v) is 5.80. The lowest BCUT2D eigenvalue weighted by Crippen LogP contribution is -2.26. The fraction of sp³-hybridized carbons (Fsp3) is 0.615. The monoisotopic (exact) mass is 204 g/mol. The molecule has 0 aromatic heterocycles. The summed E-state index contributed by atoms with van der Waals surface area (Å²) in [4.78, 5) is 11.0. The fourth-order valence-electron chi connectivity index (χ4n) is 3.76. The van der Waals surface area contributed by atoms with E-state index >= 15 is 0 Å². The minimum Gasteiger partial charge on any atom is -0.481 e. The average Bonchev–Trinajstić information content (AvgIpc) is 2.87. The van der Waals surface area contributed by atoms with E-state index in [1.807, 2.05) is 6.92 Å². The molecule has 0 radical (unpaired) electrons. The molecular weight excluding hydrogens is 188 g/mol. The van der Waals surface area contributed by atoms with Gasteiger partial charge in [0.25, 0.3) is 0 Å². The third kappa shape index (κ3) is 1.14. The van der Waals surface area contributed by atoms with E-state index in [1.54, 1.807) is 11.1 Å². The Morgan fingerprint density at radius 2 is 2.33 bits per heavy atom. The van der Waals surface area contributed by atoms with Crippen molar-refractivity contribution in [2.45, 2.75) is 26.2 Å². The quantitative estimate of drug-likeness (QED) is 0.750. The van der Waals surface area contributed by atoms with Crippen LogP contribution in [0.1, 0.15) is 26.2 Å². The van der Waals surface area contributed by atoms with Gasteiger partial charge in [-0.05, 0) is 42.6 Å². The summed E-state index contributed by atoms with van der Waals surface area (Å²) in [5, 5.41) is 9.08. The van der Waals surface area contributed by atoms with E-state index in [0.29, 0.717) is 17.8 Å². The molecule has 0 aliphatic heterocycles. The number of carbonyl (C=O) groups is 1. The zero-order valence-electron chi connectivity index (χ0n) is 8.94. The van der Waals surface area contributed by atoms with Crippen LogP contribution in [0.25, 0.3) is 0 Å². The fourth-order valence-corrected chi connectivity index (χ4v) is 3.76. The van der Waals surface area contributed by atoms with Gasteiger partial charge >= 0.3 is 5.97 Å². The summed E-state index contributed by atoms with van der Waals surface area (Å²) in [6, 6.07) is 0. The van der Waals surface area contributed by atoms with Crippen LogP contribution in [0.2, 0.25) is 0 Å². The second-order valence-electron chi connectivity index (χ2n) is 5.15. The Hall–Kier alpha value is -1.05. The van der Waals surface area contributed by atoms with Crippen LogP contribution in [-0.4, -0.2) is 11.1 Å². The Morgan fingerprint density at radius 3 is 3.07 bits per heavy atom. The molecule has 0 amide bonds. The second-order valence-corrected chi connectivity index (χ2v) is 5.15. The normalized spacial score (nSPS) is 38.6. The van der Waals surface area contributed by atoms with Crippen molar-refractivity contribution in [3.63, 3.8) is 0 Å². The molecule has 3 aliphatic carbocycles. The summed E-state index contributed by atoms with van der Waals surface area (Å²) in [5.74, 6) is 0.850. The molecule has 0 heterocycles. The Bertz CT molecular complexity index is 378. The SMILES string of the molecule is CC(C(=O)O)C1CC2CC1C1=C2C=CC1. The van der Waals surface area contributed by atoms with Crippen molar-refractivity contribution >= 4 is 5.97 Å². The molecule has 3 aliphatic rings.